The molecule has 1 rings (SSSR count). The summed E-state index contributed by atoms with van der Waals surface area (Å²) in [6, 6.07) is 0. The molecule has 3 nitrogen and oxygen atoms in total. The van der Waals surface area contributed by atoms with Gasteiger partial charge in [0, 0.05) is 13.1 Å². The van der Waals surface area contributed by atoms with E-state index in [0.717, 1.165) is 13.1 Å². The fraction of sp³-hybridized carbons (Fsp3) is 1.00. The van der Waals surface area contributed by atoms with E-state index in [1.54, 1.807) is 0 Å². The molecule has 0 radical (unpaired) electrons. The predicted molar refractivity (Wildman–Crippen MR) is 28.4 cm³/mol. The molecular formula is C4H11N3. The highest BCUT2D eigenvalue weighted by Gasteiger charge is 2.16. The third kappa shape index (κ3) is 0.907. The van der Waals surface area contributed by atoms with E-state index in [9.17, 15) is 0 Å². The molecule has 42 valence electrons. The Labute approximate surface area is 43.3 Å². The summed E-state index contributed by atoms with van der Waals surface area (Å²) < 4.78 is 0. The van der Waals surface area contributed by atoms with Gasteiger partial charge in [0.05, 0.1) is 0 Å². The lowest BCUT2D eigenvalue weighted by Gasteiger charge is -2.33. The van der Waals surface area contributed by atoms with Gasteiger partial charge in [0.25, 0.3) is 0 Å². The number of likely N-dealkylation sites (tertiary alicyclic amines) is 1. The quantitative estimate of drug-likeness (QED) is 0.412. The summed E-state index contributed by atoms with van der Waals surface area (Å²) in [5.41, 5.74) is 10.6. The second-order valence-electron chi connectivity index (χ2n) is 1.88. The van der Waals surface area contributed by atoms with E-state index in [1.165, 1.54) is 6.42 Å². The molecule has 1 fully saturated rings. The summed E-state index contributed by atoms with van der Waals surface area (Å²) in [6.07, 6.45) is 1.04. The van der Waals surface area contributed by atoms with Crippen LogP contribution in [0.25, 0.3) is 0 Å². The molecule has 0 amide bonds. The molecule has 0 unspecified atom stereocenters. The largest absolute Gasteiger partial charge is 0.304 e. The molecule has 0 aromatic rings. The smallest absolute Gasteiger partial charge is 0.109 e. The monoisotopic (exact) mass is 101 g/mol. The van der Waals surface area contributed by atoms with Gasteiger partial charge in [0.1, 0.15) is 6.29 Å². The first-order valence-corrected chi connectivity index (χ1v) is 2.56. The lowest BCUT2D eigenvalue weighted by Crippen LogP contribution is -2.54. The number of hydrogen-bond acceptors (Lipinski definition) is 3. The van der Waals surface area contributed by atoms with Crippen molar-refractivity contribution in [3.8, 4) is 0 Å². The highest BCUT2D eigenvalue weighted by Crippen LogP contribution is 2.03. The van der Waals surface area contributed by atoms with Gasteiger partial charge in [-0.1, -0.05) is 0 Å². The third-order valence-electron chi connectivity index (χ3n) is 1.31. The third-order valence-corrected chi connectivity index (χ3v) is 1.31. The van der Waals surface area contributed by atoms with Crippen molar-refractivity contribution < 1.29 is 0 Å². The van der Waals surface area contributed by atoms with Crippen LogP contribution < -0.4 is 11.5 Å². The molecule has 0 bridgehead atoms. The Kier molecular flexibility index (Phi) is 1.27. The second-order valence-corrected chi connectivity index (χ2v) is 1.88. The van der Waals surface area contributed by atoms with Crippen molar-refractivity contribution in [2.75, 3.05) is 13.1 Å². The number of hydrogen-bond donors (Lipinski definition) is 2. The summed E-state index contributed by atoms with van der Waals surface area (Å²) in [6.45, 7) is 2.16. The van der Waals surface area contributed by atoms with E-state index in [0.29, 0.717) is 0 Å². The maximum absolute atomic E-state index is 5.30. The van der Waals surface area contributed by atoms with Crippen LogP contribution in [0.4, 0.5) is 0 Å². The highest BCUT2D eigenvalue weighted by molar-refractivity contribution is 4.69. The van der Waals surface area contributed by atoms with Crippen LogP contribution in [0.1, 0.15) is 6.42 Å². The minimum absolute atomic E-state index is 0.214. The minimum Gasteiger partial charge on any atom is -0.304 e. The minimum atomic E-state index is -0.214. The first-order valence-electron chi connectivity index (χ1n) is 2.56. The molecule has 1 saturated heterocycles. The zero-order valence-electron chi connectivity index (χ0n) is 4.30. The van der Waals surface area contributed by atoms with Crippen LogP contribution in [0.2, 0.25) is 0 Å². The van der Waals surface area contributed by atoms with Gasteiger partial charge in [-0.25, -0.2) is 0 Å². The van der Waals surface area contributed by atoms with Gasteiger partial charge in [0.15, 0.2) is 0 Å². The number of nitrogens with zero attached hydrogens (tertiary/aromatic N) is 1. The molecule has 0 aromatic carbocycles. The summed E-state index contributed by atoms with van der Waals surface area (Å²) in [5.74, 6) is 0. The number of nitrogens with two attached hydrogens (primary N) is 2. The molecule has 3 heteroatoms. The zero-order chi connectivity index (χ0) is 5.28. The van der Waals surface area contributed by atoms with Crippen molar-refractivity contribution in [3.63, 3.8) is 0 Å². The number of rotatable bonds is 1. The fourth-order valence-electron chi connectivity index (χ4n) is 0.639. The molecule has 1 aliphatic heterocycles. The van der Waals surface area contributed by atoms with Crippen LogP contribution in [0, 0.1) is 0 Å². The average molecular weight is 101 g/mol. The molecular weight excluding hydrogens is 90.1 g/mol. The topological polar surface area (TPSA) is 55.3 Å². The van der Waals surface area contributed by atoms with Gasteiger partial charge in [-0.05, 0) is 6.42 Å². The van der Waals surface area contributed by atoms with Crippen LogP contribution in [0.5, 0.6) is 0 Å². The van der Waals surface area contributed by atoms with E-state index in [-0.39, 0.29) is 6.29 Å². The van der Waals surface area contributed by atoms with Crippen LogP contribution >= 0.6 is 0 Å². The SMILES string of the molecule is NC(N)N1CCC1. The molecule has 1 heterocycles. The summed E-state index contributed by atoms with van der Waals surface area (Å²) in [5, 5.41) is 0. The maximum atomic E-state index is 5.30. The Morgan fingerprint density at radius 1 is 1.29 bits per heavy atom. The molecule has 7 heavy (non-hydrogen) atoms. The molecule has 0 aromatic heterocycles. The summed E-state index contributed by atoms with van der Waals surface area (Å²) in [4.78, 5) is 2.03. The van der Waals surface area contributed by atoms with Gasteiger partial charge in [0.2, 0.25) is 0 Å². The van der Waals surface area contributed by atoms with Crippen molar-refractivity contribution in [1.29, 1.82) is 0 Å². The Morgan fingerprint density at radius 3 is 1.86 bits per heavy atom. The van der Waals surface area contributed by atoms with Crippen molar-refractivity contribution in [2.45, 2.75) is 12.7 Å². The van der Waals surface area contributed by atoms with Crippen LogP contribution in [0.3, 0.4) is 0 Å². The van der Waals surface area contributed by atoms with Crippen molar-refractivity contribution >= 4 is 0 Å². The summed E-state index contributed by atoms with van der Waals surface area (Å²) >= 11 is 0. The molecule has 1 aliphatic rings. The Hall–Kier alpha value is -0.120. The van der Waals surface area contributed by atoms with Gasteiger partial charge in [-0.15, -0.1) is 0 Å². The van der Waals surface area contributed by atoms with Gasteiger partial charge >= 0.3 is 0 Å². The van der Waals surface area contributed by atoms with Crippen molar-refractivity contribution in [1.82, 2.24) is 4.90 Å². The Bertz CT molecular complexity index is 58.0. The first-order chi connectivity index (χ1) is 3.30. The second kappa shape index (κ2) is 1.78. The van der Waals surface area contributed by atoms with Gasteiger partial charge < -0.3 is 11.5 Å². The van der Waals surface area contributed by atoms with Crippen molar-refractivity contribution in [2.24, 2.45) is 11.5 Å². The fourth-order valence-corrected chi connectivity index (χ4v) is 0.639. The van der Waals surface area contributed by atoms with Gasteiger partial charge in [-0.3, -0.25) is 4.90 Å². The van der Waals surface area contributed by atoms with Crippen LogP contribution in [-0.4, -0.2) is 24.3 Å². The molecule has 0 aliphatic carbocycles. The van der Waals surface area contributed by atoms with Crippen molar-refractivity contribution in [3.05, 3.63) is 0 Å². The normalized spacial score (nSPS) is 22.7. The lowest BCUT2D eigenvalue weighted by molar-refractivity contribution is 0.125. The van der Waals surface area contributed by atoms with Crippen LogP contribution in [0.15, 0.2) is 0 Å². The average Bonchev–Trinajstić information content (AvgIpc) is 1.23. The Balaban J connectivity index is 2.14. The predicted octanol–water partition coefficient (Wildman–Crippen LogP) is -1.11. The highest BCUT2D eigenvalue weighted by atomic mass is 15.3. The van der Waals surface area contributed by atoms with E-state index < -0.39 is 0 Å². The molecule has 4 N–H and O–H groups in total. The summed E-state index contributed by atoms with van der Waals surface area (Å²) in [7, 11) is 0. The molecule has 0 atom stereocenters. The molecule has 0 spiro atoms. The zero-order valence-corrected chi connectivity index (χ0v) is 4.30. The van der Waals surface area contributed by atoms with Crippen LogP contribution in [-0.2, 0) is 0 Å². The van der Waals surface area contributed by atoms with E-state index in [2.05, 4.69) is 0 Å². The van der Waals surface area contributed by atoms with E-state index in [4.69, 9.17) is 11.5 Å². The van der Waals surface area contributed by atoms with E-state index >= 15 is 0 Å². The van der Waals surface area contributed by atoms with E-state index in [1.807, 2.05) is 4.90 Å². The first kappa shape index (κ1) is 5.03. The van der Waals surface area contributed by atoms with Gasteiger partial charge in [-0.2, -0.15) is 0 Å². The maximum Gasteiger partial charge on any atom is 0.109 e. The Morgan fingerprint density at radius 2 is 1.86 bits per heavy atom. The lowest BCUT2D eigenvalue weighted by atomic mass is 10.2. The molecule has 0 saturated carbocycles. The standard InChI is InChI=1S/C4H11N3/c5-4(6)7-2-1-3-7/h4H,1-3,5-6H2.